The van der Waals surface area contributed by atoms with E-state index in [9.17, 15) is 28.1 Å². The fourth-order valence-electron chi connectivity index (χ4n) is 9.44. The van der Waals surface area contributed by atoms with Crippen LogP contribution in [-0.2, 0) is 14.8 Å². The van der Waals surface area contributed by atoms with Crippen LogP contribution in [0.25, 0.3) is 16.6 Å². The van der Waals surface area contributed by atoms with Crippen molar-refractivity contribution in [3.8, 4) is 17.2 Å². The molecule has 3 N–H and O–H groups in total. The molecule has 1 aliphatic carbocycles. The maximum Gasteiger partial charge on any atom is 0.297 e. The van der Waals surface area contributed by atoms with Gasteiger partial charge in [0.05, 0.1) is 27.6 Å². The number of anilines is 2. The predicted octanol–water partition coefficient (Wildman–Crippen LogP) is 7.16. The van der Waals surface area contributed by atoms with Crippen LogP contribution >= 0.6 is 11.6 Å². The number of hydrogen-bond donors (Lipinski definition) is 3. The van der Waals surface area contributed by atoms with E-state index in [4.69, 9.17) is 21.1 Å². The van der Waals surface area contributed by atoms with Crippen LogP contribution in [0.4, 0.5) is 17.1 Å². The normalized spacial score (nSPS) is 19.1. The highest BCUT2D eigenvalue weighted by molar-refractivity contribution is 7.90. The summed E-state index contributed by atoms with van der Waals surface area (Å²) >= 11 is 6.25. The quantitative estimate of drug-likeness (QED) is 0.0843. The highest BCUT2D eigenvalue weighted by Gasteiger charge is 2.34. The number of aromatic amines is 1. The van der Waals surface area contributed by atoms with Crippen LogP contribution in [0, 0.1) is 15.5 Å². The molecule has 5 aromatic rings. The minimum Gasteiger partial charge on any atom is -0.489 e. The highest BCUT2D eigenvalue weighted by atomic mass is 35.5. The van der Waals surface area contributed by atoms with E-state index in [0.29, 0.717) is 57.2 Å². The van der Waals surface area contributed by atoms with Crippen LogP contribution in [0.15, 0.2) is 89.6 Å². The van der Waals surface area contributed by atoms with E-state index in [1.165, 1.54) is 42.0 Å². The third-order valence-corrected chi connectivity index (χ3v) is 14.8. The molecule has 3 aliphatic heterocycles. The van der Waals surface area contributed by atoms with Crippen molar-refractivity contribution in [3.63, 3.8) is 0 Å². The van der Waals surface area contributed by atoms with Crippen molar-refractivity contribution < 1.29 is 32.4 Å². The van der Waals surface area contributed by atoms with Gasteiger partial charge in [-0.1, -0.05) is 43.2 Å². The number of carbonyl (C=O) groups is 2. The third kappa shape index (κ3) is 10.4. The molecule has 2 saturated heterocycles. The van der Waals surface area contributed by atoms with Crippen molar-refractivity contribution in [2.75, 3.05) is 82.3 Å². The van der Waals surface area contributed by atoms with Gasteiger partial charge in [0.25, 0.3) is 21.6 Å². The molecule has 2 fully saturated rings. The number of allylic oxidation sites excluding steroid dienone is 1. The lowest BCUT2D eigenvalue weighted by Gasteiger charge is -2.39. The fraction of sp³-hybridized carbons (Fsp3) is 0.396. The summed E-state index contributed by atoms with van der Waals surface area (Å²) in [4.78, 5) is 53.1. The van der Waals surface area contributed by atoms with E-state index in [-0.39, 0.29) is 46.7 Å². The number of aromatic nitrogens is 2. The Balaban J connectivity index is 0.922. The number of benzene rings is 3. The Morgan fingerprint density at radius 1 is 0.985 bits per heavy atom. The molecule has 5 heterocycles. The Bertz CT molecular complexity index is 2850. The number of sulfonamides is 1. The Morgan fingerprint density at radius 3 is 2.46 bits per heavy atom. The molecule has 2 amide bonds. The first-order valence-corrected chi connectivity index (χ1v) is 24.4. The number of nitrogens with zero attached hydrogens (tertiary/aromatic N) is 6. The number of halogens is 1. The van der Waals surface area contributed by atoms with Crippen molar-refractivity contribution in [3.05, 3.63) is 111 Å². The molecule has 0 spiro atoms. The number of hydrogen-bond acceptors (Lipinski definition) is 13. The van der Waals surface area contributed by atoms with Crippen LogP contribution in [0.3, 0.4) is 0 Å². The number of H-pyrrole nitrogens is 1. The lowest BCUT2D eigenvalue weighted by molar-refractivity contribution is -0.384. The van der Waals surface area contributed by atoms with E-state index in [1.807, 2.05) is 18.2 Å². The second-order valence-electron chi connectivity index (χ2n) is 18.5. The number of fused-ring (bicyclic) bond motifs is 2. The third-order valence-electron chi connectivity index (χ3n) is 13.2. The maximum atomic E-state index is 14.1. The molecule has 67 heavy (non-hydrogen) atoms. The lowest BCUT2D eigenvalue weighted by Crippen LogP contribution is -2.52. The van der Waals surface area contributed by atoms with Gasteiger partial charge in [-0.05, 0) is 72.2 Å². The Morgan fingerprint density at radius 2 is 1.73 bits per heavy atom. The largest absolute Gasteiger partial charge is 0.489 e. The molecule has 352 valence electrons. The summed E-state index contributed by atoms with van der Waals surface area (Å²) in [5.41, 5.74) is 5.19. The number of rotatable bonds is 12. The fourth-order valence-corrected chi connectivity index (χ4v) is 10.6. The maximum absolute atomic E-state index is 14.1. The molecule has 2 aromatic heterocycles. The van der Waals surface area contributed by atoms with Crippen LogP contribution in [0.1, 0.15) is 56.0 Å². The van der Waals surface area contributed by atoms with Gasteiger partial charge in [0.1, 0.15) is 23.8 Å². The van der Waals surface area contributed by atoms with E-state index < -0.39 is 31.4 Å². The number of pyridine rings is 1. The van der Waals surface area contributed by atoms with Gasteiger partial charge in [0.15, 0.2) is 11.4 Å². The Kier molecular flexibility index (Phi) is 12.9. The summed E-state index contributed by atoms with van der Waals surface area (Å²) in [5.74, 6) is -0.574. The number of nitro groups is 1. The first-order valence-electron chi connectivity index (χ1n) is 22.5. The molecule has 0 saturated carbocycles. The molecule has 1 atom stereocenters. The minimum atomic E-state index is -4.69. The zero-order valence-electron chi connectivity index (χ0n) is 37.7. The second-order valence-corrected chi connectivity index (χ2v) is 20.6. The van der Waals surface area contributed by atoms with Gasteiger partial charge in [0.2, 0.25) is 5.91 Å². The Labute approximate surface area is 394 Å². The summed E-state index contributed by atoms with van der Waals surface area (Å²) in [6.07, 6.45) is 6.43. The van der Waals surface area contributed by atoms with Gasteiger partial charge >= 0.3 is 0 Å². The summed E-state index contributed by atoms with van der Waals surface area (Å²) in [7, 11) is -4.69. The van der Waals surface area contributed by atoms with Crippen molar-refractivity contribution in [1.82, 2.24) is 29.4 Å². The monoisotopic (exact) mass is 951 g/mol. The number of nitrogens with one attached hydrogen (secondary N) is 3. The van der Waals surface area contributed by atoms with Crippen LogP contribution in [0.5, 0.6) is 17.2 Å². The van der Waals surface area contributed by atoms with Crippen molar-refractivity contribution >= 4 is 67.1 Å². The average molecular weight is 953 g/mol. The summed E-state index contributed by atoms with van der Waals surface area (Å²) in [5, 5.41) is 17.1. The molecule has 17 nitrogen and oxygen atoms in total. The van der Waals surface area contributed by atoms with Crippen molar-refractivity contribution in [1.29, 1.82) is 0 Å². The first-order chi connectivity index (χ1) is 32.1. The van der Waals surface area contributed by atoms with E-state index in [2.05, 4.69) is 60.7 Å². The summed E-state index contributed by atoms with van der Waals surface area (Å²) in [6.45, 7) is 13.1. The van der Waals surface area contributed by atoms with Crippen LogP contribution in [0.2, 0.25) is 5.02 Å². The molecule has 19 heteroatoms. The van der Waals surface area contributed by atoms with Gasteiger partial charge in [-0.25, -0.2) is 18.1 Å². The van der Waals surface area contributed by atoms with Crippen molar-refractivity contribution in [2.24, 2.45) is 5.41 Å². The number of ether oxygens (including phenoxy) is 2. The lowest BCUT2D eigenvalue weighted by atomic mass is 9.72. The molecule has 0 bridgehead atoms. The molecular weight excluding hydrogens is 898 g/mol. The molecule has 3 aromatic carbocycles. The highest BCUT2D eigenvalue weighted by Crippen LogP contribution is 2.44. The van der Waals surface area contributed by atoms with Gasteiger partial charge < -0.3 is 29.6 Å². The predicted molar refractivity (Wildman–Crippen MR) is 257 cm³/mol. The second kappa shape index (κ2) is 18.8. The van der Waals surface area contributed by atoms with Gasteiger partial charge in [-0.2, -0.15) is 0 Å². The van der Waals surface area contributed by atoms with E-state index in [1.54, 1.807) is 29.3 Å². The molecule has 9 rings (SSSR count). The topological polar surface area (TPSA) is 196 Å². The average Bonchev–Trinajstić information content (AvgIpc) is 3.78. The standard InChI is InChI=1S/C48H54ClN9O8S/c1-31(59)56-18-14-55(15-19-56)29-36-30-65-44-25-39(24-42(58(61)62)45(44)52-36)67(63,64)53-47(60)40-9-8-37(23-43(40)66-38-22-33-11-13-50-46(33)51-27-38)57-20-16-54(17-21-57)28-34-10-12-48(2,3)26-41(34)32-4-6-35(49)7-5-32/h4-9,11,13,22-25,27,36,52H,10,12,14-21,26,28-30H2,1-3H3,(H,50,51)(H,53,60)/t36-/m0/s1. The van der Waals surface area contributed by atoms with Gasteiger partial charge in [-0.15, -0.1) is 0 Å². The number of piperazine rings is 2. The van der Waals surface area contributed by atoms with Crippen LogP contribution in [-0.4, -0.2) is 128 Å². The molecule has 4 aliphatic rings. The first kappa shape index (κ1) is 45.9. The van der Waals surface area contributed by atoms with Crippen LogP contribution < -0.4 is 24.4 Å². The Hall–Kier alpha value is -6.21. The number of nitro benzene ring substituents is 1. The van der Waals surface area contributed by atoms with Crippen molar-refractivity contribution in [2.45, 2.75) is 51.0 Å². The zero-order valence-corrected chi connectivity index (χ0v) is 39.3. The SMILES string of the molecule is CC(=O)N1CCN(C[C@H]2COc3cc(S(=O)(=O)NC(=O)c4ccc(N5CCN(CC6=C(c7ccc(Cl)cc7)CC(C)(C)CC6)CC5)cc4Oc4cnc5[nH]ccc5c4)cc([N+](=O)[O-])c3N2)CC1. The number of carbonyl (C=O) groups excluding carboxylic acids is 2. The van der Waals surface area contributed by atoms with Gasteiger partial charge in [0, 0.05) is 113 Å². The zero-order chi connectivity index (χ0) is 47.0. The van der Waals surface area contributed by atoms with E-state index >= 15 is 0 Å². The molecule has 0 unspecified atom stereocenters. The number of amides is 2. The molecular formula is C48H54ClN9O8S. The summed E-state index contributed by atoms with van der Waals surface area (Å²) in [6, 6.07) is 18.5. The summed E-state index contributed by atoms with van der Waals surface area (Å²) < 4.78 is 42.3. The molecule has 0 radical (unpaired) electrons. The smallest absolute Gasteiger partial charge is 0.297 e. The van der Waals surface area contributed by atoms with E-state index in [0.717, 1.165) is 61.1 Å². The van der Waals surface area contributed by atoms with Gasteiger partial charge in [-0.3, -0.25) is 29.5 Å². The minimum absolute atomic E-state index is 0.0123.